The number of rotatable bonds is 3. The lowest BCUT2D eigenvalue weighted by Gasteiger charge is -2.16. The van der Waals surface area contributed by atoms with Crippen molar-refractivity contribution < 1.29 is 0 Å². The highest BCUT2D eigenvalue weighted by molar-refractivity contribution is 7.99. The van der Waals surface area contributed by atoms with Gasteiger partial charge in [-0.05, 0) is 23.8 Å². The highest BCUT2D eigenvalue weighted by atomic mass is 32.2. The van der Waals surface area contributed by atoms with Crippen molar-refractivity contribution in [1.82, 2.24) is 9.38 Å². The van der Waals surface area contributed by atoms with Crippen LogP contribution in [0.2, 0.25) is 0 Å². The molecule has 2 N–H and O–H groups in total. The molecule has 86 valence electrons. The Morgan fingerprint density at radius 3 is 3.31 bits per heavy atom. The summed E-state index contributed by atoms with van der Waals surface area (Å²) in [5.41, 5.74) is 7.38. The third kappa shape index (κ3) is 1.99. The predicted molar refractivity (Wildman–Crippen MR) is 70.2 cm³/mol. The summed E-state index contributed by atoms with van der Waals surface area (Å²) < 4.78 is 2.08. The number of hydrogen-bond acceptors (Lipinski definition) is 4. The lowest BCUT2D eigenvalue weighted by atomic mass is 9.96. The van der Waals surface area contributed by atoms with Gasteiger partial charge in [-0.15, -0.1) is 11.3 Å². The van der Waals surface area contributed by atoms with Crippen molar-refractivity contribution in [1.29, 1.82) is 0 Å². The average Bonchev–Trinajstić information content (AvgIpc) is 2.91. The Hall–Kier alpha value is -0.520. The molecule has 3 nitrogen and oxygen atoms in total. The van der Waals surface area contributed by atoms with Crippen LogP contribution in [0.5, 0.6) is 0 Å². The maximum atomic E-state index is 6.24. The normalized spacial score (nSPS) is 22.9. The van der Waals surface area contributed by atoms with E-state index in [0.29, 0.717) is 5.92 Å². The molecule has 2 unspecified atom stereocenters. The first-order valence-corrected chi connectivity index (χ1v) is 7.61. The van der Waals surface area contributed by atoms with Gasteiger partial charge in [-0.1, -0.05) is 0 Å². The predicted octanol–water partition coefficient (Wildman–Crippen LogP) is 2.02. The molecule has 2 atom stereocenters. The van der Waals surface area contributed by atoms with E-state index in [1.54, 1.807) is 11.3 Å². The van der Waals surface area contributed by atoms with Crippen molar-refractivity contribution >= 4 is 28.1 Å². The van der Waals surface area contributed by atoms with E-state index >= 15 is 0 Å². The highest BCUT2D eigenvalue weighted by Gasteiger charge is 2.23. The van der Waals surface area contributed by atoms with E-state index in [0.717, 1.165) is 17.1 Å². The fourth-order valence-electron chi connectivity index (χ4n) is 2.17. The van der Waals surface area contributed by atoms with Crippen molar-refractivity contribution in [3.8, 4) is 0 Å². The lowest BCUT2D eigenvalue weighted by Crippen LogP contribution is -2.32. The van der Waals surface area contributed by atoms with Crippen molar-refractivity contribution in [2.75, 3.05) is 11.5 Å². The SMILES string of the molecule is NC(Cc1cn2ccsc2n1)C1CCSC1. The molecule has 5 heteroatoms. The first-order valence-electron chi connectivity index (χ1n) is 5.57. The Balaban J connectivity index is 1.71. The molecule has 1 saturated heterocycles. The Bertz CT molecular complexity index is 442. The Labute approximate surface area is 103 Å². The molecule has 1 fully saturated rings. The minimum absolute atomic E-state index is 0.277. The van der Waals surface area contributed by atoms with E-state index in [-0.39, 0.29) is 6.04 Å². The third-order valence-electron chi connectivity index (χ3n) is 3.16. The molecule has 2 aromatic rings. The average molecular weight is 253 g/mol. The van der Waals surface area contributed by atoms with Crippen LogP contribution in [0.3, 0.4) is 0 Å². The Kier molecular flexibility index (Phi) is 2.91. The molecule has 0 aliphatic carbocycles. The number of imidazole rings is 1. The summed E-state index contributed by atoms with van der Waals surface area (Å²) in [7, 11) is 0. The first kappa shape index (κ1) is 10.6. The third-order valence-corrected chi connectivity index (χ3v) is 5.12. The quantitative estimate of drug-likeness (QED) is 0.910. The highest BCUT2D eigenvalue weighted by Crippen LogP contribution is 2.26. The van der Waals surface area contributed by atoms with E-state index in [4.69, 9.17) is 5.73 Å². The van der Waals surface area contributed by atoms with Gasteiger partial charge in [0.1, 0.15) is 0 Å². The number of aromatic nitrogens is 2. The van der Waals surface area contributed by atoms with Crippen LogP contribution < -0.4 is 5.73 Å². The monoisotopic (exact) mass is 253 g/mol. The molecule has 3 heterocycles. The summed E-state index contributed by atoms with van der Waals surface area (Å²) in [5, 5.41) is 2.06. The maximum Gasteiger partial charge on any atom is 0.193 e. The van der Waals surface area contributed by atoms with Gasteiger partial charge in [0.2, 0.25) is 0 Å². The zero-order chi connectivity index (χ0) is 11.0. The zero-order valence-electron chi connectivity index (χ0n) is 9.00. The van der Waals surface area contributed by atoms with Crippen LogP contribution in [0.25, 0.3) is 4.96 Å². The number of nitrogens with zero attached hydrogens (tertiary/aromatic N) is 2. The van der Waals surface area contributed by atoms with Crippen molar-refractivity contribution in [2.24, 2.45) is 11.7 Å². The second kappa shape index (κ2) is 4.39. The van der Waals surface area contributed by atoms with Crippen LogP contribution in [-0.2, 0) is 6.42 Å². The van der Waals surface area contributed by atoms with Gasteiger partial charge >= 0.3 is 0 Å². The summed E-state index contributed by atoms with van der Waals surface area (Å²) in [4.78, 5) is 5.65. The van der Waals surface area contributed by atoms with Crippen molar-refractivity contribution in [2.45, 2.75) is 18.9 Å². The molecule has 1 aliphatic rings. The lowest BCUT2D eigenvalue weighted by molar-refractivity contribution is 0.460. The minimum atomic E-state index is 0.277. The van der Waals surface area contributed by atoms with Crippen LogP contribution in [0.4, 0.5) is 0 Å². The van der Waals surface area contributed by atoms with Crippen LogP contribution in [0, 0.1) is 5.92 Å². The summed E-state index contributed by atoms with van der Waals surface area (Å²) in [6, 6.07) is 0.277. The first-order chi connectivity index (χ1) is 7.83. The van der Waals surface area contributed by atoms with E-state index in [1.807, 2.05) is 18.0 Å². The number of hydrogen-bond donors (Lipinski definition) is 1. The Morgan fingerprint density at radius 2 is 2.56 bits per heavy atom. The van der Waals surface area contributed by atoms with Crippen LogP contribution in [0.1, 0.15) is 12.1 Å². The zero-order valence-corrected chi connectivity index (χ0v) is 10.6. The van der Waals surface area contributed by atoms with Gasteiger partial charge in [0.25, 0.3) is 0 Å². The smallest absolute Gasteiger partial charge is 0.193 e. The molecule has 0 bridgehead atoms. The molecule has 2 aromatic heterocycles. The Morgan fingerprint density at radius 1 is 1.62 bits per heavy atom. The molecular formula is C11H15N3S2. The summed E-state index contributed by atoms with van der Waals surface area (Å²) in [6.07, 6.45) is 6.34. The molecule has 0 spiro atoms. The van der Waals surface area contributed by atoms with Gasteiger partial charge < -0.3 is 5.73 Å². The summed E-state index contributed by atoms with van der Waals surface area (Å²) in [6.45, 7) is 0. The molecule has 0 saturated carbocycles. The molecule has 0 aromatic carbocycles. The molecule has 3 rings (SSSR count). The number of fused-ring (bicyclic) bond motifs is 1. The molecule has 1 aliphatic heterocycles. The van der Waals surface area contributed by atoms with E-state index in [2.05, 4.69) is 21.0 Å². The van der Waals surface area contributed by atoms with Crippen LogP contribution >= 0.6 is 23.1 Å². The largest absolute Gasteiger partial charge is 0.327 e. The van der Waals surface area contributed by atoms with Crippen LogP contribution in [0.15, 0.2) is 17.8 Å². The topological polar surface area (TPSA) is 43.3 Å². The molecule has 16 heavy (non-hydrogen) atoms. The standard InChI is InChI=1S/C11H15N3S2/c12-10(8-1-3-15-7-8)5-9-6-14-2-4-16-11(14)13-9/h2,4,6,8,10H,1,3,5,7,12H2. The molecule has 0 radical (unpaired) electrons. The maximum absolute atomic E-state index is 6.24. The van der Waals surface area contributed by atoms with E-state index in [9.17, 15) is 0 Å². The van der Waals surface area contributed by atoms with E-state index < -0.39 is 0 Å². The van der Waals surface area contributed by atoms with Gasteiger partial charge in [0.05, 0.1) is 5.69 Å². The number of thiazole rings is 1. The van der Waals surface area contributed by atoms with Gasteiger partial charge in [-0.25, -0.2) is 4.98 Å². The van der Waals surface area contributed by atoms with E-state index in [1.165, 1.54) is 17.9 Å². The fraction of sp³-hybridized carbons (Fsp3) is 0.545. The molecule has 0 amide bonds. The second-order valence-electron chi connectivity index (χ2n) is 4.32. The number of nitrogens with two attached hydrogens (primary N) is 1. The van der Waals surface area contributed by atoms with Gasteiger partial charge in [0, 0.05) is 30.2 Å². The summed E-state index contributed by atoms with van der Waals surface area (Å²) >= 11 is 3.70. The van der Waals surface area contributed by atoms with Crippen molar-refractivity contribution in [3.63, 3.8) is 0 Å². The minimum Gasteiger partial charge on any atom is -0.327 e. The molecular weight excluding hydrogens is 238 g/mol. The van der Waals surface area contributed by atoms with Gasteiger partial charge in [-0.3, -0.25) is 4.40 Å². The van der Waals surface area contributed by atoms with Crippen molar-refractivity contribution in [3.05, 3.63) is 23.5 Å². The van der Waals surface area contributed by atoms with Crippen LogP contribution in [-0.4, -0.2) is 26.9 Å². The number of thioether (sulfide) groups is 1. The van der Waals surface area contributed by atoms with Gasteiger partial charge in [0.15, 0.2) is 4.96 Å². The second-order valence-corrected chi connectivity index (χ2v) is 6.34. The summed E-state index contributed by atoms with van der Waals surface area (Å²) in [5.74, 6) is 3.18. The fourth-order valence-corrected chi connectivity index (χ4v) is 4.24. The van der Waals surface area contributed by atoms with Gasteiger partial charge in [-0.2, -0.15) is 11.8 Å².